The van der Waals surface area contributed by atoms with E-state index in [-0.39, 0.29) is 0 Å². The normalized spacial score (nSPS) is 10.2. The van der Waals surface area contributed by atoms with Gasteiger partial charge in [-0.2, -0.15) is 0 Å². The summed E-state index contributed by atoms with van der Waals surface area (Å²) in [6.45, 7) is 3.17. The van der Waals surface area contributed by atoms with Crippen LogP contribution in [0.1, 0.15) is 19.8 Å². The molecule has 5 nitrogen and oxygen atoms in total. The predicted octanol–water partition coefficient (Wildman–Crippen LogP) is 1.72. The summed E-state index contributed by atoms with van der Waals surface area (Å²) in [5, 5.41) is 0.730. The number of nitrogens with one attached hydrogen (secondary N) is 1. The van der Waals surface area contributed by atoms with Gasteiger partial charge in [0.05, 0.1) is 0 Å². The highest BCUT2D eigenvalue weighted by Gasteiger charge is 2.06. The zero-order valence-electron chi connectivity index (χ0n) is 10.0. The van der Waals surface area contributed by atoms with E-state index in [2.05, 4.69) is 27.2 Å². The Kier molecular flexibility index (Phi) is 5.34. The molecule has 3 N–H and O–H groups in total. The number of rotatable bonds is 6. The summed E-state index contributed by atoms with van der Waals surface area (Å²) in [6, 6.07) is 1.86. The van der Waals surface area contributed by atoms with E-state index in [1.165, 1.54) is 18.2 Å². The quantitative estimate of drug-likeness (QED) is 0.342. The molecule has 1 aromatic rings. The standard InChI is InChI=1S/C10H19N5S/c1-4-5-6-15(2)9-7-8(14-11)12-10(13-9)16-3/h7H,4-6,11H2,1-3H3,(H,12,13,14). The van der Waals surface area contributed by atoms with Gasteiger partial charge in [0.25, 0.3) is 0 Å². The first-order chi connectivity index (χ1) is 7.71. The first-order valence-electron chi connectivity index (χ1n) is 5.32. The smallest absolute Gasteiger partial charge is 0.191 e. The van der Waals surface area contributed by atoms with Crippen LogP contribution in [0, 0.1) is 0 Å². The first kappa shape index (κ1) is 13.1. The van der Waals surface area contributed by atoms with Crippen LogP contribution in [0.3, 0.4) is 0 Å². The Hall–Kier alpha value is -1.01. The maximum atomic E-state index is 5.37. The number of hydrazine groups is 1. The van der Waals surface area contributed by atoms with Crippen molar-refractivity contribution in [1.29, 1.82) is 0 Å². The number of nitrogens with zero attached hydrogens (tertiary/aromatic N) is 3. The van der Waals surface area contributed by atoms with Crippen LogP contribution in [0.2, 0.25) is 0 Å². The molecular formula is C10H19N5S. The lowest BCUT2D eigenvalue weighted by Gasteiger charge is -2.18. The molecule has 6 heteroatoms. The molecule has 1 rings (SSSR count). The van der Waals surface area contributed by atoms with Crippen LogP contribution in [0.5, 0.6) is 0 Å². The molecule has 0 aliphatic heterocycles. The first-order valence-corrected chi connectivity index (χ1v) is 6.54. The molecular weight excluding hydrogens is 222 g/mol. The molecule has 1 heterocycles. The van der Waals surface area contributed by atoms with Gasteiger partial charge in [0.15, 0.2) is 5.16 Å². The number of thioether (sulfide) groups is 1. The van der Waals surface area contributed by atoms with E-state index in [1.54, 1.807) is 0 Å². The Bertz CT molecular complexity index is 309. The molecule has 0 aliphatic rings. The number of aromatic nitrogens is 2. The zero-order chi connectivity index (χ0) is 12.0. The van der Waals surface area contributed by atoms with E-state index in [0.717, 1.165) is 23.9 Å². The number of nitrogen functional groups attached to an aromatic ring is 1. The highest BCUT2D eigenvalue weighted by Crippen LogP contribution is 2.19. The topological polar surface area (TPSA) is 67.1 Å². The van der Waals surface area contributed by atoms with Gasteiger partial charge in [0.2, 0.25) is 0 Å². The molecule has 0 aliphatic carbocycles. The van der Waals surface area contributed by atoms with Gasteiger partial charge in [-0.25, -0.2) is 15.8 Å². The molecule has 0 radical (unpaired) electrons. The fourth-order valence-electron chi connectivity index (χ4n) is 1.28. The van der Waals surface area contributed by atoms with Crippen molar-refractivity contribution in [3.63, 3.8) is 0 Å². The molecule has 0 fully saturated rings. The third-order valence-corrected chi connectivity index (χ3v) is 2.81. The second-order valence-corrected chi connectivity index (χ2v) is 4.29. The molecule has 0 aromatic carbocycles. The summed E-state index contributed by atoms with van der Waals surface area (Å²) >= 11 is 1.51. The van der Waals surface area contributed by atoms with Gasteiger partial charge in [-0.05, 0) is 12.7 Å². The molecule has 0 atom stereocenters. The molecule has 0 spiro atoms. The van der Waals surface area contributed by atoms with Gasteiger partial charge in [-0.15, -0.1) is 0 Å². The highest BCUT2D eigenvalue weighted by molar-refractivity contribution is 7.98. The molecule has 0 amide bonds. The lowest BCUT2D eigenvalue weighted by atomic mass is 10.3. The number of hydrogen-bond acceptors (Lipinski definition) is 6. The zero-order valence-corrected chi connectivity index (χ0v) is 10.8. The van der Waals surface area contributed by atoms with Gasteiger partial charge < -0.3 is 10.3 Å². The fraction of sp³-hybridized carbons (Fsp3) is 0.600. The molecule has 0 bridgehead atoms. The molecule has 0 saturated heterocycles. The molecule has 0 saturated carbocycles. The lowest BCUT2D eigenvalue weighted by Crippen LogP contribution is -2.21. The van der Waals surface area contributed by atoms with Gasteiger partial charge in [-0.3, -0.25) is 0 Å². The van der Waals surface area contributed by atoms with Crippen molar-refractivity contribution in [2.75, 3.05) is 30.2 Å². The largest absolute Gasteiger partial charge is 0.359 e. The van der Waals surface area contributed by atoms with Crippen molar-refractivity contribution in [3.8, 4) is 0 Å². The lowest BCUT2D eigenvalue weighted by molar-refractivity contribution is 0.752. The summed E-state index contributed by atoms with van der Waals surface area (Å²) in [5.74, 6) is 6.93. The minimum absolute atomic E-state index is 0.651. The Morgan fingerprint density at radius 1 is 1.50 bits per heavy atom. The Balaban J connectivity index is 2.85. The Morgan fingerprint density at radius 2 is 2.25 bits per heavy atom. The van der Waals surface area contributed by atoms with E-state index in [4.69, 9.17) is 5.84 Å². The Labute approximate surface area is 101 Å². The van der Waals surface area contributed by atoms with Crippen LogP contribution in [0.15, 0.2) is 11.2 Å². The second kappa shape index (κ2) is 6.55. The van der Waals surface area contributed by atoms with Crippen molar-refractivity contribution in [2.24, 2.45) is 5.84 Å². The average Bonchev–Trinajstić information content (AvgIpc) is 2.35. The predicted molar refractivity (Wildman–Crippen MR) is 69.8 cm³/mol. The summed E-state index contributed by atoms with van der Waals surface area (Å²) in [6.07, 6.45) is 4.28. The van der Waals surface area contributed by atoms with E-state index in [1.807, 2.05) is 19.4 Å². The van der Waals surface area contributed by atoms with Gasteiger partial charge in [0, 0.05) is 19.7 Å². The maximum Gasteiger partial charge on any atom is 0.191 e. The number of unbranched alkanes of at least 4 members (excludes halogenated alkanes) is 1. The van der Waals surface area contributed by atoms with Gasteiger partial charge in [-0.1, -0.05) is 25.1 Å². The van der Waals surface area contributed by atoms with Crippen LogP contribution in [0.25, 0.3) is 0 Å². The van der Waals surface area contributed by atoms with Crippen LogP contribution in [-0.4, -0.2) is 29.8 Å². The summed E-state index contributed by atoms with van der Waals surface area (Å²) in [5.41, 5.74) is 2.56. The molecule has 0 unspecified atom stereocenters. The third-order valence-electron chi connectivity index (χ3n) is 2.26. The number of anilines is 2. The maximum absolute atomic E-state index is 5.37. The van der Waals surface area contributed by atoms with Crippen molar-refractivity contribution in [1.82, 2.24) is 9.97 Å². The van der Waals surface area contributed by atoms with Crippen LogP contribution in [0.4, 0.5) is 11.6 Å². The third kappa shape index (κ3) is 3.53. The fourth-order valence-corrected chi connectivity index (χ4v) is 1.66. The van der Waals surface area contributed by atoms with Crippen LogP contribution < -0.4 is 16.2 Å². The van der Waals surface area contributed by atoms with E-state index in [0.29, 0.717) is 5.82 Å². The van der Waals surface area contributed by atoms with Crippen molar-refractivity contribution >= 4 is 23.4 Å². The van der Waals surface area contributed by atoms with E-state index < -0.39 is 0 Å². The molecule has 16 heavy (non-hydrogen) atoms. The highest BCUT2D eigenvalue weighted by atomic mass is 32.2. The van der Waals surface area contributed by atoms with E-state index >= 15 is 0 Å². The number of hydrogen-bond donors (Lipinski definition) is 2. The van der Waals surface area contributed by atoms with Crippen LogP contribution in [-0.2, 0) is 0 Å². The van der Waals surface area contributed by atoms with E-state index in [9.17, 15) is 0 Å². The molecule has 90 valence electrons. The van der Waals surface area contributed by atoms with Crippen molar-refractivity contribution < 1.29 is 0 Å². The molecule has 1 aromatic heterocycles. The second-order valence-electron chi connectivity index (χ2n) is 3.52. The SMILES string of the molecule is CCCCN(C)c1cc(NN)nc(SC)n1. The van der Waals surface area contributed by atoms with Crippen molar-refractivity contribution in [3.05, 3.63) is 6.07 Å². The van der Waals surface area contributed by atoms with Crippen LogP contribution >= 0.6 is 11.8 Å². The summed E-state index contributed by atoms with van der Waals surface area (Å²) < 4.78 is 0. The minimum Gasteiger partial charge on any atom is -0.359 e. The Morgan fingerprint density at radius 3 is 2.81 bits per heavy atom. The van der Waals surface area contributed by atoms with Gasteiger partial charge in [0.1, 0.15) is 11.6 Å². The number of nitrogens with two attached hydrogens (primary N) is 1. The van der Waals surface area contributed by atoms with Crippen molar-refractivity contribution in [2.45, 2.75) is 24.9 Å². The van der Waals surface area contributed by atoms with Gasteiger partial charge >= 0.3 is 0 Å². The summed E-state index contributed by atoms with van der Waals surface area (Å²) in [7, 11) is 2.03. The summed E-state index contributed by atoms with van der Waals surface area (Å²) in [4.78, 5) is 10.8. The average molecular weight is 241 g/mol. The monoisotopic (exact) mass is 241 g/mol. The minimum atomic E-state index is 0.651.